The summed E-state index contributed by atoms with van der Waals surface area (Å²) in [5.74, 6) is 0.171. The highest BCUT2D eigenvalue weighted by molar-refractivity contribution is 5.79. The van der Waals surface area contributed by atoms with Gasteiger partial charge in [0.2, 0.25) is 5.91 Å². The van der Waals surface area contributed by atoms with Crippen LogP contribution in [-0.4, -0.2) is 46.4 Å². The highest BCUT2D eigenvalue weighted by Crippen LogP contribution is 2.25. The SMILES string of the molecule is CO[C@@H]1CCN(C(=O)Cc2ccccc2)[C@@H]1Cc1cnn(C)c1. The fourth-order valence-corrected chi connectivity index (χ4v) is 3.34. The maximum absolute atomic E-state index is 12.7. The third-order valence-electron chi connectivity index (χ3n) is 4.51. The molecule has 2 heterocycles. The van der Waals surface area contributed by atoms with Crippen molar-refractivity contribution in [2.24, 2.45) is 7.05 Å². The number of ether oxygens (including phenoxy) is 1. The smallest absolute Gasteiger partial charge is 0.227 e. The van der Waals surface area contributed by atoms with Gasteiger partial charge >= 0.3 is 0 Å². The van der Waals surface area contributed by atoms with Crippen molar-refractivity contribution in [3.8, 4) is 0 Å². The second-order valence-electron chi connectivity index (χ2n) is 6.11. The Bertz CT molecular complexity index is 653. The van der Waals surface area contributed by atoms with Crippen LogP contribution in [0, 0.1) is 0 Å². The molecule has 0 aliphatic carbocycles. The molecule has 0 radical (unpaired) electrons. The van der Waals surface area contributed by atoms with Gasteiger partial charge < -0.3 is 9.64 Å². The highest BCUT2D eigenvalue weighted by Gasteiger charge is 2.37. The van der Waals surface area contributed by atoms with Crippen LogP contribution in [0.1, 0.15) is 17.5 Å². The molecule has 3 rings (SSSR count). The van der Waals surface area contributed by atoms with Crippen molar-refractivity contribution in [1.82, 2.24) is 14.7 Å². The third-order valence-corrected chi connectivity index (χ3v) is 4.51. The number of amides is 1. The van der Waals surface area contributed by atoms with Crippen molar-refractivity contribution in [2.45, 2.75) is 31.4 Å². The van der Waals surface area contributed by atoms with E-state index in [4.69, 9.17) is 4.74 Å². The zero-order valence-electron chi connectivity index (χ0n) is 13.7. The summed E-state index contributed by atoms with van der Waals surface area (Å²) in [7, 11) is 3.64. The van der Waals surface area contributed by atoms with Crippen LogP contribution in [0.4, 0.5) is 0 Å². The van der Waals surface area contributed by atoms with E-state index < -0.39 is 0 Å². The first-order valence-corrected chi connectivity index (χ1v) is 8.01. The van der Waals surface area contributed by atoms with Gasteiger partial charge in [0, 0.05) is 26.9 Å². The monoisotopic (exact) mass is 313 g/mol. The number of methoxy groups -OCH3 is 1. The van der Waals surface area contributed by atoms with E-state index in [-0.39, 0.29) is 18.1 Å². The molecule has 0 spiro atoms. The Morgan fingerprint density at radius 1 is 1.30 bits per heavy atom. The zero-order chi connectivity index (χ0) is 16.2. The number of hydrogen-bond acceptors (Lipinski definition) is 3. The maximum Gasteiger partial charge on any atom is 0.227 e. The maximum atomic E-state index is 12.7. The number of nitrogens with zero attached hydrogens (tertiary/aromatic N) is 3. The van der Waals surface area contributed by atoms with E-state index in [1.165, 1.54) is 0 Å². The van der Waals surface area contributed by atoms with E-state index in [1.807, 2.05) is 54.7 Å². The summed E-state index contributed by atoms with van der Waals surface area (Å²) in [6, 6.07) is 9.99. The first kappa shape index (κ1) is 15.7. The number of aryl methyl sites for hydroxylation is 1. The summed E-state index contributed by atoms with van der Waals surface area (Å²) >= 11 is 0. The van der Waals surface area contributed by atoms with Gasteiger partial charge in [-0.15, -0.1) is 0 Å². The number of likely N-dealkylation sites (tertiary alicyclic amines) is 1. The van der Waals surface area contributed by atoms with Crippen LogP contribution in [0.25, 0.3) is 0 Å². The molecule has 1 aliphatic heterocycles. The van der Waals surface area contributed by atoms with Crippen molar-refractivity contribution in [3.05, 3.63) is 53.9 Å². The summed E-state index contributed by atoms with van der Waals surface area (Å²) in [5.41, 5.74) is 2.19. The fraction of sp³-hybridized carbons (Fsp3) is 0.444. The van der Waals surface area contributed by atoms with Gasteiger partial charge in [-0.2, -0.15) is 5.10 Å². The molecule has 1 fully saturated rings. The molecule has 2 aromatic rings. The van der Waals surface area contributed by atoms with Crippen molar-refractivity contribution < 1.29 is 9.53 Å². The summed E-state index contributed by atoms with van der Waals surface area (Å²) < 4.78 is 7.41. The molecule has 1 aromatic heterocycles. The number of rotatable bonds is 5. The van der Waals surface area contributed by atoms with E-state index in [1.54, 1.807) is 11.8 Å². The molecule has 0 bridgehead atoms. The second-order valence-corrected chi connectivity index (χ2v) is 6.11. The average molecular weight is 313 g/mol. The molecule has 1 amide bonds. The lowest BCUT2D eigenvalue weighted by molar-refractivity contribution is -0.132. The molecular formula is C18H23N3O2. The van der Waals surface area contributed by atoms with Crippen LogP contribution < -0.4 is 0 Å². The number of hydrogen-bond donors (Lipinski definition) is 0. The van der Waals surface area contributed by atoms with Crippen molar-refractivity contribution in [1.29, 1.82) is 0 Å². The van der Waals surface area contributed by atoms with E-state index in [0.29, 0.717) is 6.42 Å². The van der Waals surface area contributed by atoms with Crippen LogP contribution in [0.3, 0.4) is 0 Å². The Morgan fingerprint density at radius 2 is 2.09 bits per heavy atom. The van der Waals surface area contributed by atoms with Crippen LogP contribution in [0.15, 0.2) is 42.7 Å². The predicted molar refractivity (Wildman–Crippen MR) is 88.0 cm³/mol. The number of aromatic nitrogens is 2. The normalized spacial score (nSPS) is 20.9. The second kappa shape index (κ2) is 6.96. The number of carbonyl (C=O) groups is 1. The molecule has 0 saturated carbocycles. The minimum absolute atomic E-state index is 0.0837. The van der Waals surface area contributed by atoms with E-state index in [0.717, 1.165) is 30.5 Å². The molecule has 1 aliphatic rings. The first-order valence-electron chi connectivity index (χ1n) is 8.01. The van der Waals surface area contributed by atoms with Crippen molar-refractivity contribution >= 4 is 5.91 Å². The highest BCUT2D eigenvalue weighted by atomic mass is 16.5. The number of carbonyl (C=O) groups excluding carboxylic acids is 1. The molecule has 122 valence electrons. The zero-order valence-corrected chi connectivity index (χ0v) is 13.7. The molecule has 1 saturated heterocycles. The molecule has 0 N–H and O–H groups in total. The Labute approximate surface area is 136 Å². The van der Waals surface area contributed by atoms with Gasteiger partial charge in [0.1, 0.15) is 0 Å². The Kier molecular flexibility index (Phi) is 4.76. The Hall–Kier alpha value is -2.14. The molecule has 23 heavy (non-hydrogen) atoms. The van der Waals surface area contributed by atoms with Gasteiger partial charge in [0.05, 0.1) is 24.8 Å². The lowest BCUT2D eigenvalue weighted by Crippen LogP contribution is -2.42. The predicted octanol–water partition coefficient (Wildman–Crippen LogP) is 1.82. The Balaban J connectivity index is 1.72. The summed E-state index contributed by atoms with van der Waals surface area (Å²) in [6.07, 6.45) is 6.08. The number of benzene rings is 1. The van der Waals surface area contributed by atoms with E-state index in [9.17, 15) is 4.79 Å². The van der Waals surface area contributed by atoms with Crippen molar-refractivity contribution in [2.75, 3.05) is 13.7 Å². The minimum atomic E-state index is 0.0837. The topological polar surface area (TPSA) is 47.4 Å². The first-order chi connectivity index (χ1) is 11.2. The van der Waals surface area contributed by atoms with E-state index in [2.05, 4.69) is 5.10 Å². The molecule has 1 aromatic carbocycles. The molecule has 5 heteroatoms. The molecule has 5 nitrogen and oxygen atoms in total. The van der Waals surface area contributed by atoms with E-state index >= 15 is 0 Å². The van der Waals surface area contributed by atoms with Gasteiger partial charge in [-0.3, -0.25) is 9.48 Å². The molecular weight excluding hydrogens is 290 g/mol. The van der Waals surface area contributed by atoms with Gasteiger partial charge in [-0.05, 0) is 24.0 Å². The Morgan fingerprint density at radius 3 is 2.74 bits per heavy atom. The van der Waals surface area contributed by atoms with Gasteiger partial charge in [0.25, 0.3) is 0 Å². The van der Waals surface area contributed by atoms with Crippen LogP contribution in [0.2, 0.25) is 0 Å². The van der Waals surface area contributed by atoms with Crippen LogP contribution in [-0.2, 0) is 29.4 Å². The van der Waals surface area contributed by atoms with Crippen LogP contribution >= 0.6 is 0 Å². The standard InChI is InChI=1S/C18H23N3O2/c1-20-13-15(12-19-20)10-16-17(23-2)8-9-21(16)18(22)11-14-6-4-3-5-7-14/h3-7,12-13,16-17H,8-11H2,1-2H3/t16-,17-/m1/s1. The quantitative estimate of drug-likeness (QED) is 0.846. The summed E-state index contributed by atoms with van der Waals surface area (Å²) in [5, 5.41) is 4.22. The average Bonchev–Trinajstić information content (AvgIpc) is 3.15. The van der Waals surface area contributed by atoms with Gasteiger partial charge in [-0.1, -0.05) is 30.3 Å². The summed E-state index contributed by atoms with van der Waals surface area (Å²) in [4.78, 5) is 14.7. The van der Waals surface area contributed by atoms with Gasteiger partial charge in [-0.25, -0.2) is 0 Å². The van der Waals surface area contributed by atoms with Gasteiger partial charge in [0.15, 0.2) is 0 Å². The molecule has 2 atom stereocenters. The summed E-state index contributed by atoms with van der Waals surface area (Å²) in [6.45, 7) is 0.759. The minimum Gasteiger partial charge on any atom is -0.379 e. The molecule has 0 unspecified atom stereocenters. The largest absolute Gasteiger partial charge is 0.379 e. The fourth-order valence-electron chi connectivity index (χ4n) is 3.34. The van der Waals surface area contributed by atoms with Crippen molar-refractivity contribution in [3.63, 3.8) is 0 Å². The lowest BCUT2D eigenvalue weighted by Gasteiger charge is -2.27. The van der Waals surface area contributed by atoms with Crippen LogP contribution in [0.5, 0.6) is 0 Å². The third kappa shape index (κ3) is 3.62. The lowest BCUT2D eigenvalue weighted by atomic mass is 10.0.